The first-order chi connectivity index (χ1) is 24.3. The summed E-state index contributed by atoms with van der Waals surface area (Å²) in [5, 5.41) is 35.5. The smallest absolute Gasteiger partial charge is 0.336 e. The predicted octanol–water partition coefficient (Wildman–Crippen LogP) is 8.72. The fourth-order valence-electron chi connectivity index (χ4n) is 6.80. The maximum atomic E-state index is 12.6. The zero-order chi connectivity index (χ0) is 34.8. The predicted molar refractivity (Wildman–Crippen MR) is 186 cm³/mol. The molecular weight excluding hydrogens is 636 g/mol. The standard InChI is InChI=1S/C40H28N2O8/c43-39(44)31-15-9-17-33-38(31)30-14-7-8-16-32(30)40(33,28-18-20-36(34(22-28)41(45)46)49-24-26-10-3-1-4-11-26)29-19-21-37(35(23-29)42(47)48)50-25-27-12-5-2-6-13-27/h1-23H,24-25H2,(H,43,44). The van der Waals surface area contributed by atoms with Crippen LogP contribution in [0.1, 0.15) is 43.7 Å². The van der Waals surface area contributed by atoms with Gasteiger partial charge < -0.3 is 14.6 Å². The number of rotatable bonds is 11. The third-order valence-electron chi connectivity index (χ3n) is 8.95. The van der Waals surface area contributed by atoms with Gasteiger partial charge in [-0.2, -0.15) is 0 Å². The van der Waals surface area contributed by atoms with Gasteiger partial charge in [0, 0.05) is 17.7 Å². The van der Waals surface area contributed by atoms with Crippen LogP contribution in [0.25, 0.3) is 11.1 Å². The van der Waals surface area contributed by atoms with Crippen molar-refractivity contribution in [3.8, 4) is 22.6 Å². The molecular formula is C40H28N2O8. The second-order valence-electron chi connectivity index (χ2n) is 11.8. The van der Waals surface area contributed by atoms with Gasteiger partial charge in [0.15, 0.2) is 11.5 Å². The molecule has 0 aliphatic heterocycles. The Bertz CT molecular complexity index is 2170. The Kier molecular flexibility index (Phi) is 8.26. The summed E-state index contributed by atoms with van der Waals surface area (Å²) in [6, 6.07) is 39.8. The van der Waals surface area contributed by atoms with Gasteiger partial charge in [-0.05, 0) is 57.1 Å². The van der Waals surface area contributed by atoms with Gasteiger partial charge in [0.25, 0.3) is 0 Å². The highest BCUT2D eigenvalue weighted by Crippen LogP contribution is 2.58. The minimum absolute atomic E-state index is 0.0338. The lowest BCUT2D eigenvalue weighted by molar-refractivity contribution is -0.386. The van der Waals surface area contributed by atoms with Crippen molar-refractivity contribution in [2.75, 3.05) is 0 Å². The van der Waals surface area contributed by atoms with E-state index in [9.17, 15) is 30.1 Å². The van der Waals surface area contributed by atoms with Crippen molar-refractivity contribution in [1.82, 2.24) is 0 Å². The fraction of sp³-hybridized carbons (Fsp3) is 0.0750. The largest absolute Gasteiger partial charge is 0.482 e. The first kappa shape index (κ1) is 31.8. The van der Waals surface area contributed by atoms with Crippen LogP contribution in [0.4, 0.5) is 11.4 Å². The Morgan fingerprint density at radius 2 is 1.08 bits per heavy atom. The third kappa shape index (κ3) is 5.48. The number of fused-ring (bicyclic) bond motifs is 3. The molecule has 0 aromatic heterocycles. The van der Waals surface area contributed by atoms with Gasteiger partial charge in [-0.15, -0.1) is 0 Å². The highest BCUT2D eigenvalue weighted by molar-refractivity contribution is 6.01. The van der Waals surface area contributed by atoms with Crippen LogP contribution in [0.15, 0.2) is 140 Å². The number of nitro benzene ring substituents is 2. The van der Waals surface area contributed by atoms with E-state index in [1.165, 1.54) is 30.3 Å². The number of ether oxygens (including phenoxy) is 2. The van der Waals surface area contributed by atoms with Gasteiger partial charge >= 0.3 is 17.3 Å². The summed E-state index contributed by atoms with van der Waals surface area (Å²) in [5.41, 5.74) is 2.61. The SMILES string of the molecule is O=C(O)c1cccc2c1-c1ccccc1C2(c1ccc(OCc2ccccc2)c([N+](=O)[O-])c1)c1ccc(OCc2ccccc2)c([N+](=O)[O-])c1. The monoisotopic (exact) mass is 664 g/mol. The van der Waals surface area contributed by atoms with E-state index < -0.39 is 21.2 Å². The van der Waals surface area contributed by atoms with E-state index in [1.54, 1.807) is 42.5 Å². The average Bonchev–Trinajstić information content (AvgIpc) is 3.45. The molecule has 0 unspecified atom stereocenters. The molecule has 10 heteroatoms. The van der Waals surface area contributed by atoms with Gasteiger partial charge in [-0.3, -0.25) is 20.2 Å². The Morgan fingerprint density at radius 3 is 1.58 bits per heavy atom. The summed E-state index contributed by atoms with van der Waals surface area (Å²) in [6.45, 7) is 0.187. The van der Waals surface area contributed by atoms with Crippen molar-refractivity contribution in [3.05, 3.63) is 199 Å². The third-order valence-corrected chi connectivity index (χ3v) is 8.95. The highest BCUT2D eigenvalue weighted by Gasteiger charge is 2.49. The molecule has 1 N–H and O–H groups in total. The maximum absolute atomic E-state index is 12.6. The molecule has 0 amide bonds. The van der Waals surface area contributed by atoms with E-state index in [1.807, 2.05) is 66.7 Å². The average molecular weight is 665 g/mol. The number of carboxylic acid groups (broad SMARTS) is 1. The van der Waals surface area contributed by atoms with Crippen molar-refractivity contribution in [3.63, 3.8) is 0 Å². The van der Waals surface area contributed by atoms with Crippen molar-refractivity contribution in [1.29, 1.82) is 0 Å². The molecule has 6 aromatic rings. The van der Waals surface area contributed by atoms with Crippen molar-refractivity contribution >= 4 is 17.3 Å². The molecule has 7 rings (SSSR count). The van der Waals surface area contributed by atoms with Crippen molar-refractivity contribution in [2.24, 2.45) is 0 Å². The molecule has 1 aliphatic rings. The molecule has 0 heterocycles. The number of aromatic carboxylic acids is 1. The quantitative estimate of drug-likeness (QED) is 0.107. The molecule has 0 spiro atoms. The summed E-state index contributed by atoms with van der Waals surface area (Å²) in [4.78, 5) is 36.7. The zero-order valence-electron chi connectivity index (χ0n) is 26.4. The molecule has 10 nitrogen and oxygen atoms in total. The van der Waals surface area contributed by atoms with Crippen LogP contribution < -0.4 is 9.47 Å². The van der Waals surface area contributed by atoms with Crippen LogP contribution in [-0.4, -0.2) is 20.9 Å². The number of nitro groups is 2. The van der Waals surface area contributed by atoms with Gasteiger partial charge in [0.1, 0.15) is 13.2 Å². The Labute approximate surface area is 286 Å². The normalized spacial score (nSPS) is 12.4. The zero-order valence-corrected chi connectivity index (χ0v) is 26.4. The van der Waals surface area contributed by atoms with E-state index >= 15 is 0 Å². The van der Waals surface area contributed by atoms with Crippen LogP contribution in [0.5, 0.6) is 11.5 Å². The Hall–Kier alpha value is -6.81. The minimum Gasteiger partial charge on any atom is -0.482 e. The lowest BCUT2D eigenvalue weighted by Gasteiger charge is -2.33. The van der Waals surface area contributed by atoms with Crippen LogP contribution in [0.2, 0.25) is 0 Å². The minimum atomic E-state index is -1.40. The molecule has 0 atom stereocenters. The topological polar surface area (TPSA) is 142 Å². The highest BCUT2D eigenvalue weighted by atomic mass is 16.6. The number of hydrogen-bond acceptors (Lipinski definition) is 7. The number of carbonyl (C=O) groups is 1. The van der Waals surface area contributed by atoms with Gasteiger partial charge in [0.05, 0.1) is 20.8 Å². The number of benzene rings is 6. The van der Waals surface area contributed by atoms with Crippen LogP contribution in [0, 0.1) is 20.2 Å². The van der Waals surface area contributed by atoms with Crippen LogP contribution in [-0.2, 0) is 18.6 Å². The molecule has 0 radical (unpaired) electrons. The lowest BCUT2D eigenvalue weighted by Crippen LogP contribution is -2.29. The lowest BCUT2D eigenvalue weighted by atomic mass is 9.67. The molecule has 50 heavy (non-hydrogen) atoms. The molecule has 0 saturated heterocycles. The van der Waals surface area contributed by atoms with Crippen molar-refractivity contribution < 1.29 is 29.2 Å². The van der Waals surface area contributed by atoms with E-state index in [-0.39, 0.29) is 41.7 Å². The number of nitrogens with zero attached hydrogens (tertiary/aromatic N) is 2. The molecule has 0 fully saturated rings. The second kappa shape index (κ2) is 13.0. The van der Waals surface area contributed by atoms with E-state index in [2.05, 4.69) is 0 Å². The summed E-state index contributed by atoms with van der Waals surface area (Å²) in [7, 11) is 0. The first-order valence-electron chi connectivity index (χ1n) is 15.7. The summed E-state index contributed by atoms with van der Waals surface area (Å²) in [5.74, 6) is -1.07. The summed E-state index contributed by atoms with van der Waals surface area (Å²) in [6.07, 6.45) is 0. The van der Waals surface area contributed by atoms with Crippen LogP contribution in [0.3, 0.4) is 0 Å². The molecule has 0 saturated carbocycles. The Balaban J connectivity index is 1.46. The second-order valence-corrected chi connectivity index (χ2v) is 11.8. The molecule has 246 valence electrons. The van der Waals surface area contributed by atoms with E-state index in [0.29, 0.717) is 33.4 Å². The maximum Gasteiger partial charge on any atom is 0.336 e. The number of hydrogen-bond donors (Lipinski definition) is 1. The van der Waals surface area contributed by atoms with Gasteiger partial charge in [0.2, 0.25) is 0 Å². The van der Waals surface area contributed by atoms with Gasteiger partial charge in [-0.25, -0.2) is 4.79 Å². The molecule has 1 aliphatic carbocycles. The number of carboxylic acids is 1. The van der Waals surface area contributed by atoms with Crippen LogP contribution >= 0.6 is 0 Å². The van der Waals surface area contributed by atoms with Crippen molar-refractivity contribution in [2.45, 2.75) is 18.6 Å². The van der Waals surface area contributed by atoms with Gasteiger partial charge in [-0.1, -0.05) is 109 Å². The summed E-state index contributed by atoms with van der Waals surface area (Å²) < 4.78 is 11.9. The van der Waals surface area contributed by atoms with E-state index in [4.69, 9.17) is 9.47 Å². The first-order valence-corrected chi connectivity index (χ1v) is 15.7. The fourth-order valence-corrected chi connectivity index (χ4v) is 6.80. The molecule has 6 aromatic carbocycles. The van der Waals surface area contributed by atoms with E-state index in [0.717, 1.165) is 11.1 Å². The Morgan fingerprint density at radius 1 is 0.600 bits per heavy atom. The molecule has 0 bridgehead atoms. The summed E-state index contributed by atoms with van der Waals surface area (Å²) >= 11 is 0.